The van der Waals surface area contributed by atoms with Gasteiger partial charge in [-0.2, -0.15) is 0 Å². The SMILES string of the molecule is O=C(O)c1ccc(NS(=O)(=O)Cc2ccccc2)c(O)c1. The topological polar surface area (TPSA) is 104 Å². The molecule has 0 heterocycles. The first-order valence-electron chi connectivity index (χ1n) is 5.98. The van der Waals surface area contributed by atoms with E-state index in [2.05, 4.69) is 4.72 Å². The van der Waals surface area contributed by atoms with Gasteiger partial charge in [-0.05, 0) is 23.8 Å². The summed E-state index contributed by atoms with van der Waals surface area (Å²) in [4.78, 5) is 10.7. The second kappa shape index (κ2) is 5.84. The minimum Gasteiger partial charge on any atom is -0.506 e. The first kappa shape index (κ1) is 14.9. The number of hydrogen-bond donors (Lipinski definition) is 3. The Balaban J connectivity index is 2.19. The average molecular weight is 307 g/mol. The van der Waals surface area contributed by atoms with Crippen molar-refractivity contribution in [1.82, 2.24) is 0 Å². The lowest BCUT2D eigenvalue weighted by atomic mass is 10.2. The fraction of sp³-hybridized carbons (Fsp3) is 0.0714. The van der Waals surface area contributed by atoms with Crippen LogP contribution in [-0.4, -0.2) is 24.6 Å². The van der Waals surface area contributed by atoms with Crippen LogP contribution < -0.4 is 4.72 Å². The molecule has 0 radical (unpaired) electrons. The van der Waals surface area contributed by atoms with Crippen LogP contribution in [0.25, 0.3) is 0 Å². The molecule has 2 aromatic carbocycles. The Morgan fingerprint density at radius 2 is 1.76 bits per heavy atom. The average Bonchev–Trinajstić information content (AvgIpc) is 2.41. The summed E-state index contributed by atoms with van der Waals surface area (Å²) in [5, 5.41) is 18.5. The summed E-state index contributed by atoms with van der Waals surface area (Å²) in [5.41, 5.74) is 0.418. The first-order valence-corrected chi connectivity index (χ1v) is 7.63. The summed E-state index contributed by atoms with van der Waals surface area (Å²) in [6.45, 7) is 0. The maximum Gasteiger partial charge on any atom is 0.335 e. The van der Waals surface area contributed by atoms with Crippen molar-refractivity contribution in [3.63, 3.8) is 0 Å². The molecule has 0 bridgehead atoms. The summed E-state index contributed by atoms with van der Waals surface area (Å²) >= 11 is 0. The van der Waals surface area contributed by atoms with Crippen molar-refractivity contribution in [2.45, 2.75) is 5.75 Å². The highest BCUT2D eigenvalue weighted by molar-refractivity contribution is 7.91. The van der Waals surface area contributed by atoms with Crippen LogP contribution in [0.15, 0.2) is 48.5 Å². The molecule has 0 saturated carbocycles. The first-order chi connectivity index (χ1) is 9.87. The van der Waals surface area contributed by atoms with E-state index in [1.54, 1.807) is 30.3 Å². The number of aromatic carboxylic acids is 1. The summed E-state index contributed by atoms with van der Waals surface area (Å²) in [5.74, 6) is -1.89. The quantitative estimate of drug-likeness (QED) is 0.733. The van der Waals surface area contributed by atoms with Crippen LogP contribution in [-0.2, 0) is 15.8 Å². The molecule has 21 heavy (non-hydrogen) atoms. The molecule has 0 aliphatic carbocycles. The van der Waals surface area contributed by atoms with Gasteiger partial charge in [0.2, 0.25) is 10.0 Å². The molecule has 3 N–H and O–H groups in total. The molecule has 7 heteroatoms. The molecule has 2 aromatic rings. The van der Waals surface area contributed by atoms with E-state index in [4.69, 9.17) is 5.11 Å². The highest BCUT2D eigenvalue weighted by Crippen LogP contribution is 2.26. The molecule has 0 atom stereocenters. The van der Waals surface area contributed by atoms with Crippen LogP contribution in [0.1, 0.15) is 15.9 Å². The second-order valence-corrected chi connectivity index (χ2v) is 6.11. The number of phenolic OH excluding ortho intramolecular Hbond substituents is 1. The van der Waals surface area contributed by atoms with Crippen LogP contribution in [0.4, 0.5) is 5.69 Å². The third kappa shape index (κ3) is 3.96. The van der Waals surface area contributed by atoms with E-state index >= 15 is 0 Å². The normalized spacial score (nSPS) is 11.0. The number of phenols is 1. The number of hydrogen-bond acceptors (Lipinski definition) is 4. The number of carbonyl (C=O) groups is 1. The third-order valence-electron chi connectivity index (χ3n) is 2.71. The van der Waals surface area contributed by atoms with Crippen molar-refractivity contribution < 1.29 is 23.4 Å². The van der Waals surface area contributed by atoms with Crippen molar-refractivity contribution in [2.75, 3.05) is 4.72 Å². The Morgan fingerprint density at radius 3 is 2.33 bits per heavy atom. The molecule has 0 amide bonds. The number of sulfonamides is 1. The van der Waals surface area contributed by atoms with Gasteiger partial charge in [0.05, 0.1) is 17.0 Å². The van der Waals surface area contributed by atoms with Gasteiger partial charge in [0, 0.05) is 0 Å². The maximum absolute atomic E-state index is 12.0. The summed E-state index contributed by atoms with van der Waals surface area (Å²) < 4.78 is 26.2. The van der Waals surface area contributed by atoms with E-state index in [0.29, 0.717) is 5.56 Å². The van der Waals surface area contributed by atoms with Gasteiger partial charge in [0.15, 0.2) is 0 Å². The van der Waals surface area contributed by atoms with Crippen LogP contribution in [0, 0.1) is 0 Å². The van der Waals surface area contributed by atoms with Gasteiger partial charge in [-0.25, -0.2) is 13.2 Å². The molecular weight excluding hydrogens is 294 g/mol. The van der Waals surface area contributed by atoms with Gasteiger partial charge >= 0.3 is 5.97 Å². The molecule has 0 unspecified atom stereocenters. The van der Waals surface area contributed by atoms with Crippen LogP contribution in [0.3, 0.4) is 0 Å². The van der Waals surface area contributed by atoms with Crippen LogP contribution in [0.2, 0.25) is 0 Å². The summed E-state index contributed by atoms with van der Waals surface area (Å²) in [6, 6.07) is 12.0. The zero-order valence-electron chi connectivity index (χ0n) is 10.9. The highest BCUT2D eigenvalue weighted by atomic mass is 32.2. The number of carboxylic acid groups (broad SMARTS) is 1. The van der Waals surface area contributed by atoms with Crippen LogP contribution in [0.5, 0.6) is 5.75 Å². The Bertz CT molecular complexity index is 756. The largest absolute Gasteiger partial charge is 0.506 e. The Kier molecular flexibility index (Phi) is 4.13. The molecule has 0 saturated heterocycles. The number of rotatable bonds is 5. The summed E-state index contributed by atoms with van der Waals surface area (Å²) in [6.07, 6.45) is 0. The highest BCUT2D eigenvalue weighted by Gasteiger charge is 2.15. The Hall–Kier alpha value is -2.54. The van der Waals surface area contributed by atoms with Crippen molar-refractivity contribution in [2.24, 2.45) is 0 Å². The van der Waals surface area contributed by atoms with Crippen molar-refractivity contribution >= 4 is 21.7 Å². The number of aromatic hydroxyl groups is 1. The molecule has 0 fully saturated rings. The summed E-state index contributed by atoms with van der Waals surface area (Å²) in [7, 11) is -3.70. The number of benzene rings is 2. The van der Waals surface area contributed by atoms with E-state index in [-0.39, 0.29) is 17.0 Å². The van der Waals surface area contributed by atoms with E-state index in [0.717, 1.165) is 6.07 Å². The van der Waals surface area contributed by atoms with Crippen LogP contribution >= 0.6 is 0 Å². The zero-order chi connectivity index (χ0) is 15.5. The van der Waals surface area contributed by atoms with Gasteiger partial charge in [0.25, 0.3) is 0 Å². The lowest BCUT2D eigenvalue weighted by Gasteiger charge is -2.10. The third-order valence-corrected chi connectivity index (χ3v) is 3.95. The van der Waals surface area contributed by atoms with Gasteiger partial charge in [-0.1, -0.05) is 30.3 Å². The number of nitrogens with one attached hydrogen (secondary N) is 1. The number of carboxylic acids is 1. The molecule has 2 rings (SSSR count). The predicted octanol–water partition coefficient (Wildman–Crippen LogP) is 2.03. The smallest absolute Gasteiger partial charge is 0.335 e. The van der Waals surface area contributed by atoms with Crippen molar-refractivity contribution in [1.29, 1.82) is 0 Å². The zero-order valence-corrected chi connectivity index (χ0v) is 11.7. The predicted molar refractivity (Wildman–Crippen MR) is 77.8 cm³/mol. The molecule has 0 aliphatic rings. The molecule has 0 aromatic heterocycles. The fourth-order valence-corrected chi connectivity index (χ4v) is 2.96. The maximum atomic E-state index is 12.0. The molecular formula is C14H13NO5S. The number of anilines is 1. The molecule has 0 aliphatic heterocycles. The van der Waals surface area contributed by atoms with E-state index in [9.17, 15) is 18.3 Å². The minimum atomic E-state index is -3.70. The molecule has 0 spiro atoms. The van der Waals surface area contributed by atoms with E-state index in [1.165, 1.54) is 12.1 Å². The van der Waals surface area contributed by atoms with Crippen molar-refractivity contribution in [3.8, 4) is 5.75 Å². The van der Waals surface area contributed by atoms with Crippen molar-refractivity contribution in [3.05, 3.63) is 59.7 Å². The fourth-order valence-electron chi connectivity index (χ4n) is 1.75. The molecule has 6 nitrogen and oxygen atoms in total. The minimum absolute atomic E-state index is 0.0593. The second-order valence-electron chi connectivity index (χ2n) is 4.38. The lowest BCUT2D eigenvalue weighted by Crippen LogP contribution is -2.15. The standard InChI is InChI=1S/C14H13NO5S/c16-13-8-11(14(17)18)6-7-12(13)15-21(19,20)9-10-4-2-1-3-5-10/h1-8,15-16H,9H2,(H,17,18). The molecule has 110 valence electrons. The van der Waals surface area contributed by atoms with Gasteiger partial charge < -0.3 is 10.2 Å². The monoisotopic (exact) mass is 307 g/mol. The van der Waals surface area contributed by atoms with E-state index < -0.39 is 21.7 Å². The van der Waals surface area contributed by atoms with Gasteiger partial charge in [0.1, 0.15) is 5.75 Å². The Morgan fingerprint density at radius 1 is 1.10 bits per heavy atom. The van der Waals surface area contributed by atoms with Gasteiger partial charge in [-0.3, -0.25) is 4.72 Å². The lowest BCUT2D eigenvalue weighted by molar-refractivity contribution is 0.0696. The van der Waals surface area contributed by atoms with Gasteiger partial charge in [-0.15, -0.1) is 0 Å². The van der Waals surface area contributed by atoms with E-state index in [1.807, 2.05) is 0 Å². The Labute approximate surface area is 121 Å².